The van der Waals surface area contributed by atoms with Crippen LogP contribution in [-0.2, 0) is 9.47 Å². The molecule has 2 fully saturated rings. The van der Waals surface area contributed by atoms with E-state index in [0.717, 1.165) is 32.8 Å². The fourth-order valence-electron chi connectivity index (χ4n) is 3.35. The summed E-state index contributed by atoms with van der Waals surface area (Å²) in [5.74, 6) is -0.173. The first-order valence-electron chi connectivity index (χ1n) is 11.5. The van der Waals surface area contributed by atoms with E-state index in [9.17, 15) is 4.39 Å². The second-order valence-corrected chi connectivity index (χ2v) is 7.18. The largest absolute Gasteiger partial charge is 0.371 e. The first-order valence-corrected chi connectivity index (χ1v) is 11.5. The maximum Gasteiger partial charge on any atom is 0.129 e. The molecular weight excluding hydrogens is 391 g/mol. The predicted octanol–water partition coefficient (Wildman–Crippen LogP) is 5.57. The van der Waals surface area contributed by atoms with E-state index in [2.05, 4.69) is 41.1 Å². The summed E-state index contributed by atoms with van der Waals surface area (Å²) >= 11 is 0. The SMILES string of the molecule is CC.CC.CN1CCOC(c2ccccc2)C1.CN1CCOC(c2ccccc2F)C1. The van der Waals surface area contributed by atoms with E-state index in [1.807, 2.05) is 46.9 Å². The summed E-state index contributed by atoms with van der Waals surface area (Å²) in [7, 11) is 4.16. The zero-order valence-electron chi connectivity index (χ0n) is 20.2. The molecule has 0 spiro atoms. The van der Waals surface area contributed by atoms with Crippen LogP contribution in [0.15, 0.2) is 54.6 Å². The quantitative estimate of drug-likeness (QED) is 0.619. The van der Waals surface area contributed by atoms with Crippen molar-refractivity contribution in [1.29, 1.82) is 0 Å². The van der Waals surface area contributed by atoms with Crippen molar-refractivity contribution < 1.29 is 13.9 Å². The van der Waals surface area contributed by atoms with Crippen molar-refractivity contribution in [2.45, 2.75) is 39.9 Å². The number of morpholine rings is 2. The van der Waals surface area contributed by atoms with E-state index in [-0.39, 0.29) is 18.0 Å². The molecular formula is C26H41FN2O2. The number of rotatable bonds is 2. The molecule has 0 radical (unpaired) electrons. The lowest BCUT2D eigenvalue weighted by Gasteiger charge is -2.30. The number of hydrogen-bond acceptors (Lipinski definition) is 4. The van der Waals surface area contributed by atoms with Crippen molar-refractivity contribution >= 4 is 0 Å². The predicted molar refractivity (Wildman–Crippen MR) is 128 cm³/mol. The average Bonchev–Trinajstić information content (AvgIpc) is 2.83. The third-order valence-electron chi connectivity index (χ3n) is 4.96. The highest BCUT2D eigenvalue weighted by atomic mass is 19.1. The van der Waals surface area contributed by atoms with E-state index in [4.69, 9.17) is 9.47 Å². The van der Waals surface area contributed by atoms with Crippen molar-refractivity contribution in [3.63, 3.8) is 0 Å². The first kappa shape index (κ1) is 27.2. The molecule has 2 heterocycles. The van der Waals surface area contributed by atoms with E-state index in [0.29, 0.717) is 12.2 Å². The van der Waals surface area contributed by atoms with Gasteiger partial charge in [-0.15, -0.1) is 0 Å². The fraction of sp³-hybridized carbons (Fsp3) is 0.538. The van der Waals surface area contributed by atoms with E-state index < -0.39 is 0 Å². The van der Waals surface area contributed by atoms with E-state index in [1.165, 1.54) is 11.6 Å². The summed E-state index contributed by atoms with van der Waals surface area (Å²) in [6, 6.07) is 17.2. The van der Waals surface area contributed by atoms with Crippen LogP contribution in [0.25, 0.3) is 0 Å². The van der Waals surface area contributed by atoms with Gasteiger partial charge in [0.25, 0.3) is 0 Å². The zero-order valence-corrected chi connectivity index (χ0v) is 20.2. The van der Waals surface area contributed by atoms with Gasteiger partial charge in [-0.1, -0.05) is 76.2 Å². The standard InChI is InChI=1S/C11H14FNO.C11H15NO.2C2H6/c1-13-6-7-14-11(8-13)9-4-2-3-5-10(9)12;1-12-7-8-13-11(9-12)10-5-3-2-4-6-10;2*1-2/h2-5,11H,6-8H2,1H3;2-6,11H,7-9H2,1H3;2*1-2H3. The number of hydrogen-bond donors (Lipinski definition) is 0. The second-order valence-electron chi connectivity index (χ2n) is 7.18. The van der Waals surface area contributed by atoms with E-state index >= 15 is 0 Å². The minimum absolute atomic E-state index is 0.116. The van der Waals surface area contributed by atoms with Gasteiger partial charge in [-0.05, 0) is 25.7 Å². The highest BCUT2D eigenvalue weighted by Gasteiger charge is 2.21. The molecule has 0 amide bonds. The fourth-order valence-corrected chi connectivity index (χ4v) is 3.35. The summed E-state index contributed by atoms with van der Waals surface area (Å²) in [6.07, 6.45) is 0.148. The van der Waals surface area contributed by atoms with Gasteiger partial charge in [-0.2, -0.15) is 0 Å². The molecule has 2 aliphatic rings. The molecule has 2 atom stereocenters. The van der Waals surface area contributed by atoms with Crippen LogP contribution < -0.4 is 0 Å². The van der Waals surface area contributed by atoms with E-state index in [1.54, 1.807) is 12.1 Å². The lowest BCUT2D eigenvalue weighted by atomic mass is 10.1. The Bertz CT molecular complexity index is 699. The normalized spacial score (nSPS) is 21.4. The Morgan fingerprint density at radius 2 is 1.19 bits per heavy atom. The van der Waals surface area contributed by atoms with Crippen LogP contribution in [-0.4, -0.2) is 63.3 Å². The zero-order chi connectivity index (χ0) is 23.1. The topological polar surface area (TPSA) is 24.9 Å². The van der Waals surface area contributed by atoms with Crippen molar-refractivity contribution in [3.05, 3.63) is 71.5 Å². The molecule has 5 heteroatoms. The van der Waals surface area contributed by atoms with Gasteiger partial charge in [-0.3, -0.25) is 0 Å². The minimum Gasteiger partial charge on any atom is -0.371 e. The number of benzene rings is 2. The average molecular weight is 433 g/mol. The third kappa shape index (κ3) is 9.48. The van der Waals surface area contributed by atoms with Crippen LogP contribution in [0, 0.1) is 5.82 Å². The van der Waals surface area contributed by atoms with Gasteiger partial charge in [0, 0.05) is 31.7 Å². The van der Waals surface area contributed by atoms with Crippen LogP contribution in [0.2, 0.25) is 0 Å². The third-order valence-corrected chi connectivity index (χ3v) is 4.96. The Labute approximate surface area is 189 Å². The molecule has 0 N–H and O–H groups in total. The molecule has 0 aromatic heterocycles. The summed E-state index contributed by atoms with van der Waals surface area (Å²) in [4.78, 5) is 4.46. The van der Waals surface area contributed by atoms with Gasteiger partial charge >= 0.3 is 0 Å². The van der Waals surface area contributed by atoms with Crippen LogP contribution in [0.4, 0.5) is 4.39 Å². The maximum atomic E-state index is 13.4. The van der Waals surface area contributed by atoms with Gasteiger partial charge < -0.3 is 19.3 Å². The number of halogens is 1. The molecule has 0 aliphatic carbocycles. The summed E-state index contributed by atoms with van der Waals surface area (Å²) in [6.45, 7) is 13.3. The molecule has 0 bridgehead atoms. The van der Waals surface area contributed by atoms with Crippen molar-refractivity contribution in [1.82, 2.24) is 9.80 Å². The molecule has 2 aliphatic heterocycles. The first-order chi connectivity index (χ1) is 15.1. The van der Waals surface area contributed by atoms with Crippen LogP contribution in [0.3, 0.4) is 0 Å². The van der Waals surface area contributed by atoms with Crippen LogP contribution in [0.5, 0.6) is 0 Å². The van der Waals surface area contributed by atoms with Gasteiger partial charge in [0.2, 0.25) is 0 Å². The minimum atomic E-state index is -0.173. The van der Waals surface area contributed by atoms with Crippen molar-refractivity contribution in [2.24, 2.45) is 0 Å². The number of ether oxygens (including phenoxy) is 2. The Kier molecular flexibility index (Phi) is 14.0. The molecule has 31 heavy (non-hydrogen) atoms. The molecule has 2 saturated heterocycles. The Balaban J connectivity index is 0.000000268. The molecule has 4 rings (SSSR count). The monoisotopic (exact) mass is 432 g/mol. The smallest absolute Gasteiger partial charge is 0.129 e. The van der Waals surface area contributed by atoms with Crippen molar-refractivity contribution in [2.75, 3.05) is 53.5 Å². The van der Waals surface area contributed by atoms with Gasteiger partial charge in [0.1, 0.15) is 5.82 Å². The summed E-state index contributed by atoms with van der Waals surface area (Å²) in [5.41, 5.74) is 1.95. The van der Waals surface area contributed by atoms with Gasteiger partial charge in [0.05, 0.1) is 25.4 Å². The van der Waals surface area contributed by atoms with Gasteiger partial charge in [0.15, 0.2) is 0 Å². The Morgan fingerprint density at radius 3 is 1.74 bits per heavy atom. The lowest BCUT2D eigenvalue weighted by molar-refractivity contribution is -0.0225. The molecule has 2 aromatic carbocycles. The van der Waals surface area contributed by atoms with Gasteiger partial charge in [-0.25, -0.2) is 4.39 Å². The summed E-state index contributed by atoms with van der Waals surface area (Å²) in [5, 5.41) is 0. The Morgan fingerprint density at radius 1 is 0.710 bits per heavy atom. The highest BCUT2D eigenvalue weighted by molar-refractivity contribution is 5.20. The van der Waals surface area contributed by atoms with Crippen LogP contribution >= 0.6 is 0 Å². The second kappa shape index (κ2) is 15.9. The highest BCUT2D eigenvalue weighted by Crippen LogP contribution is 2.23. The molecule has 2 unspecified atom stereocenters. The molecule has 174 valence electrons. The Hall–Kier alpha value is -1.79. The number of likely N-dealkylation sites (N-methyl/N-ethyl adjacent to an activating group) is 2. The molecule has 0 saturated carbocycles. The summed E-state index contributed by atoms with van der Waals surface area (Å²) < 4.78 is 24.6. The molecule has 4 nitrogen and oxygen atoms in total. The van der Waals surface area contributed by atoms with Crippen molar-refractivity contribution in [3.8, 4) is 0 Å². The molecule has 2 aromatic rings. The number of nitrogens with zero attached hydrogens (tertiary/aromatic N) is 2. The maximum absolute atomic E-state index is 13.4. The van der Waals surface area contributed by atoms with Crippen LogP contribution in [0.1, 0.15) is 51.0 Å². The lowest BCUT2D eigenvalue weighted by Crippen LogP contribution is -2.35.